The molecule has 2 rings (SSSR count). The largest absolute Gasteiger partial charge is 0.397 e. The third-order valence-electron chi connectivity index (χ3n) is 2.29. The highest BCUT2D eigenvalue weighted by molar-refractivity contribution is 6.31. The van der Waals surface area contributed by atoms with Crippen LogP contribution in [0.25, 0.3) is 0 Å². The summed E-state index contributed by atoms with van der Waals surface area (Å²) in [7, 11) is 0. The molecule has 2 aromatic rings. The molecule has 0 fully saturated rings. The number of nitrogens with two attached hydrogens (primary N) is 1. The zero-order chi connectivity index (χ0) is 13.3. The monoisotopic (exact) mass is 272 g/mol. The van der Waals surface area contributed by atoms with Crippen LogP contribution < -0.4 is 11.1 Å². The van der Waals surface area contributed by atoms with E-state index in [9.17, 15) is 13.2 Å². The molecule has 0 spiro atoms. The summed E-state index contributed by atoms with van der Waals surface area (Å²) in [6.07, 6.45) is 0. The van der Waals surface area contributed by atoms with Crippen LogP contribution in [0, 0.1) is 17.5 Å². The van der Waals surface area contributed by atoms with E-state index in [-0.39, 0.29) is 5.69 Å². The first-order valence-electron chi connectivity index (χ1n) is 4.94. The van der Waals surface area contributed by atoms with Gasteiger partial charge in [0.2, 0.25) is 0 Å². The molecule has 0 unspecified atom stereocenters. The molecule has 0 aliphatic carbocycles. The zero-order valence-electron chi connectivity index (χ0n) is 8.98. The van der Waals surface area contributed by atoms with Crippen molar-refractivity contribution in [3.05, 3.63) is 52.8 Å². The fraction of sp³-hybridized carbons (Fsp3) is 0. The maximum absolute atomic E-state index is 13.4. The van der Waals surface area contributed by atoms with Crippen LogP contribution in [0.2, 0.25) is 5.02 Å². The number of rotatable bonds is 2. The number of halogens is 4. The molecule has 2 aromatic carbocycles. The Balaban J connectivity index is 2.40. The van der Waals surface area contributed by atoms with Gasteiger partial charge < -0.3 is 11.1 Å². The molecule has 0 saturated carbocycles. The Kier molecular flexibility index (Phi) is 3.34. The minimum Gasteiger partial charge on any atom is -0.397 e. The Morgan fingerprint density at radius 2 is 1.56 bits per heavy atom. The topological polar surface area (TPSA) is 38.0 Å². The quantitative estimate of drug-likeness (QED) is 0.638. The second kappa shape index (κ2) is 4.78. The van der Waals surface area contributed by atoms with Crippen molar-refractivity contribution in [1.82, 2.24) is 0 Å². The lowest BCUT2D eigenvalue weighted by molar-refractivity contribution is 0.496. The molecule has 3 N–H and O–H groups in total. The van der Waals surface area contributed by atoms with Gasteiger partial charge in [-0.25, -0.2) is 13.2 Å². The van der Waals surface area contributed by atoms with Crippen molar-refractivity contribution in [3.63, 3.8) is 0 Å². The van der Waals surface area contributed by atoms with E-state index in [0.717, 1.165) is 0 Å². The van der Waals surface area contributed by atoms with Gasteiger partial charge in [-0.1, -0.05) is 11.6 Å². The van der Waals surface area contributed by atoms with Crippen LogP contribution in [0.15, 0.2) is 30.3 Å². The number of benzene rings is 2. The normalized spacial score (nSPS) is 10.4. The standard InChI is InChI=1S/C12H8ClF3N2/c13-6-1-2-10(17)12(3-6)18-11-5-8(15)7(14)4-9(11)16/h1-5,18H,17H2. The maximum Gasteiger partial charge on any atom is 0.161 e. The summed E-state index contributed by atoms with van der Waals surface area (Å²) in [5, 5.41) is 2.94. The van der Waals surface area contributed by atoms with Crippen LogP contribution >= 0.6 is 11.6 Å². The van der Waals surface area contributed by atoms with Crippen molar-refractivity contribution >= 4 is 28.7 Å². The van der Waals surface area contributed by atoms with E-state index in [4.69, 9.17) is 17.3 Å². The van der Waals surface area contributed by atoms with Gasteiger partial charge in [0.1, 0.15) is 5.82 Å². The van der Waals surface area contributed by atoms with Gasteiger partial charge in [0, 0.05) is 17.2 Å². The Bertz CT molecular complexity index is 602. The number of hydrogen-bond acceptors (Lipinski definition) is 2. The van der Waals surface area contributed by atoms with Crippen LogP contribution in [-0.2, 0) is 0 Å². The summed E-state index contributed by atoms with van der Waals surface area (Å²) in [6.45, 7) is 0. The molecule has 0 aromatic heterocycles. The maximum atomic E-state index is 13.4. The molecule has 0 aliphatic heterocycles. The Morgan fingerprint density at radius 3 is 2.28 bits per heavy atom. The fourth-order valence-corrected chi connectivity index (χ4v) is 1.57. The Labute approximate surface area is 106 Å². The van der Waals surface area contributed by atoms with E-state index in [1.54, 1.807) is 6.07 Å². The molecular formula is C12H8ClF3N2. The molecule has 94 valence electrons. The first-order chi connectivity index (χ1) is 8.47. The summed E-state index contributed by atoms with van der Waals surface area (Å²) >= 11 is 5.76. The van der Waals surface area contributed by atoms with E-state index >= 15 is 0 Å². The second-order valence-corrected chi connectivity index (χ2v) is 4.04. The van der Waals surface area contributed by atoms with Crippen molar-refractivity contribution in [3.8, 4) is 0 Å². The van der Waals surface area contributed by atoms with Crippen molar-refractivity contribution in [2.45, 2.75) is 0 Å². The van der Waals surface area contributed by atoms with E-state index in [0.29, 0.717) is 28.5 Å². The molecule has 0 saturated heterocycles. The van der Waals surface area contributed by atoms with Crippen LogP contribution in [0.3, 0.4) is 0 Å². The molecule has 0 aliphatic rings. The predicted molar refractivity (Wildman–Crippen MR) is 65.5 cm³/mol. The zero-order valence-corrected chi connectivity index (χ0v) is 9.73. The lowest BCUT2D eigenvalue weighted by atomic mass is 10.2. The van der Waals surface area contributed by atoms with Gasteiger partial charge in [-0.05, 0) is 18.2 Å². The molecule has 0 heterocycles. The van der Waals surface area contributed by atoms with E-state index in [1.807, 2.05) is 0 Å². The summed E-state index contributed by atoms with van der Waals surface area (Å²) in [6, 6.07) is 5.70. The van der Waals surface area contributed by atoms with Gasteiger partial charge in [-0.2, -0.15) is 0 Å². The van der Waals surface area contributed by atoms with Crippen LogP contribution in [0.5, 0.6) is 0 Å². The molecular weight excluding hydrogens is 265 g/mol. The Morgan fingerprint density at radius 1 is 0.889 bits per heavy atom. The minimum absolute atomic E-state index is 0.220. The predicted octanol–water partition coefficient (Wildman–Crippen LogP) is 4.08. The lowest BCUT2D eigenvalue weighted by Crippen LogP contribution is -2.00. The molecule has 0 bridgehead atoms. The van der Waals surface area contributed by atoms with Gasteiger partial charge in [-0.3, -0.25) is 0 Å². The molecule has 2 nitrogen and oxygen atoms in total. The fourth-order valence-electron chi connectivity index (χ4n) is 1.40. The van der Waals surface area contributed by atoms with Crippen LogP contribution in [-0.4, -0.2) is 0 Å². The summed E-state index contributed by atoms with van der Waals surface area (Å²) in [5.74, 6) is -3.33. The van der Waals surface area contributed by atoms with E-state index < -0.39 is 17.5 Å². The number of nitrogen functional groups attached to an aromatic ring is 1. The van der Waals surface area contributed by atoms with Crippen molar-refractivity contribution in [1.29, 1.82) is 0 Å². The van der Waals surface area contributed by atoms with E-state index in [2.05, 4.69) is 5.32 Å². The van der Waals surface area contributed by atoms with Crippen molar-refractivity contribution in [2.24, 2.45) is 0 Å². The average molecular weight is 273 g/mol. The first kappa shape index (κ1) is 12.6. The summed E-state index contributed by atoms with van der Waals surface area (Å²) < 4.78 is 39.2. The number of hydrogen-bond donors (Lipinski definition) is 2. The third kappa shape index (κ3) is 2.51. The van der Waals surface area contributed by atoms with Gasteiger partial charge in [0.15, 0.2) is 11.6 Å². The van der Waals surface area contributed by atoms with Crippen LogP contribution in [0.1, 0.15) is 0 Å². The van der Waals surface area contributed by atoms with Crippen molar-refractivity contribution in [2.75, 3.05) is 11.1 Å². The summed E-state index contributed by atoms with van der Waals surface area (Å²) in [4.78, 5) is 0. The van der Waals surface area contributed by atoms with Gasteiger partial charge in [-0.15, -0.1) is 0 Å². The van der Waals surface area contributed by atoms with E-state index in [1.165, 1.54) is 12.1 Å². The molecule has 6 heteroatoms. The minimum atomic E-state index is -1.25. The first-order valence-corrected chi connectivity index (χ1v) is 5.32. The molecule has 18 heavy (non-hydrogen) atoms. The molecule has 0 radical (unpaired) electrons. The van der Waals surface area contributed by atoms with Gasteiger partial charge in [0.05, 0.1) is 17.1 Å². The molecule has 0 atom stereocenters. The highest BCUT2D eigenvalue weighted by Crippen LogP contribution is 2.28. The number of anilines is 3. The third-order valence-corrected chi connectivity index (χ3v) is 2.53. The van der Waals surface area contributed by atoms with Gasteiger partial charge >= 0.3 is 0 Å². The second-order valence-electron chi connectivity index (χ2n) is 3.60. The van der Waals surface area contributed by atoms with Crippen molar-refractivity contribution < 1.29 is 13.2 Å². The summed E-state index contributed by atoms with van der Waals surface area (Å²) in [5.41, 5.74) is 6.05. The number of nitrogens with one attached hydrogen (secondary N) is 1. The highest BCUT2D eigenvalue weighted by Gasteiger charge is 2.11. The van der Waals surface area contributed by atoms with Crippen LogP contribution in [0.4, 0.5) is 30.2 Å². The SMILES string of the molecule is Nc1ccc(Cl)cc1Nc1cc(F)c(F)cc1F. The smallest absolute Gasteiger partial charge is 0.161 e. The average Bonchev–Trinajstić information content (AvgIpc) is 2.30. The Hall–Kier alpha value is -1.88. The molecule has 0 amide bonds. The lowest BCUT2D eigenvalue weighted by Gasteiger charge is -2.11. The van der Waals surface area contributed by atoms with Gasteiger partial charge in [0.25, 0.3) is 0 Å². The highest BCUT2D eigenvalue weighted by atomic mass is 35.5.